The van der Waals surface area contributed by atoms with Gasteiger partial charge in [-0.1, -0.05) is 42.8 Å². The molecule has 0 aliphatic carbocycles. The number of aryl methyl sites for hydroxylation is 1. The molecule has 1 atom stereocenters. The molecule has 6 rings (SSSR count). The summed E-state index contributed by atoms with van der Waals surface area (Å²) < 4.78 is 3.63. The number of para-hydroxylation sites is 1. The third kappa shape index (κ3) is 3.92. The number of fused-ring (bicyclic) bond motifs is 2. The van der Waals surface area contributed by atoms with Crippen molar-refractivity contribution in [2.75, 3.05) is 13.1 Å². The van der Waals surface area contributed by atoms with E-state index in [1.165, 1.54) is 11.1 Å². The number of benzene rings is 2. The van der Waals surface area contributed by atoms with Crippen molar-refractivity contribution in [2.24, 2.45) is 0 Å². The number of hydrogen-bond donors (Lipinski definition) is 0. The van der Waals surface area contributed by atoms with Crippen molar-refractivity contribution in [1.29, 1.82) is 0 Å². The summed E-state index contributed by atoms with van der Waals surface area (Å²) >= 11 is 0. The van der Waals surface area contributed by atoms with Crippen LogP contribution in [0.5, 0.6) is 0 Å². The van der Waals surface area contributed by atoms with Crippen LogP contribution in [0.15, 0.2) is 59.4 Å². The largest absolute Gasteiger partial charge is 0.337 e. The number of hydrogen-bond acceptors (Lipinski definition) is 5. The van der Waals surface area contributed by atoms with Crippen molar-refractivity contribution in [3.05, 3.63) is 82.3 Å². The number of rotatable bonds is 3. The van der Waals surface area contributed by atoms with Crippen LogP contribution in [-0.4, -0.2) is 48.4 Å². The molecule has 4 heterocycles. The Hall–Kier alpha value is -3.81. The van der Waals surface area contributed by atoms with E-state index in [1.807, 2.05) is 53.4 Å². The molecule has 1 amide bonds. The minimum Gasteiger partial charge on any atom is -0.337 e. The summed E-state index contributed by atoms with van der Waals surface area (Å²) in [5.41, 5.74) is 0.718. The van der Waals surface area contributed by atoms with Crippen LogP contribution in [0.1, 0.15) is 60.2 Å². The Balaban J connectivity index is 1.37. The molecule has 1 saturated heterocycles. The van der Waals surface area contributed by atoms with Gasteiger partial charge in [0.25, 0.3) is 11.5 Å². The van der Waals surface area contributed by atoms with E-state index >= 15 is 0 Å². The Kier molecular flexibility index (Phi) is 5.64. The molecule has 0 unspecified atom stereocenters. The van der Waals surface area contributed by atoms with Gasteiger partial charge in [0.15, 0.2) is 5.69 Å². The number of amides is 1. The minimum absolute atomic E-state index is 0.147. The molecule has 2 aliphatic rings. The number of aromatic nitrogens is 5. The van der Waals surface area contributed by atoms with E-state index in [0.717, 1.165) is 50.3 Å². The summed E-state index contributed by atoms with van der Waals surface area (Å²) in [7, 11) is 0. The van der Waals surface area contributed by atoms with Gasteiger partial charge in [0.2, 0.25) is 0 Å². The van der Waals surface area contributed by atoms with Gasteiger partial charge in [-0.15, -0.1) is 10.2 Å². The number of piperidine rings is 1. The molecule has 35 heavy (non-hydrogen) atoms. The number of likely N-dealkylation sites (tertiary alicyclic amines) is 1. The lowest BCUT2D eigenvalue weighted by molar-refractivity contribution is 0.0697. The average Bonchev–Trinajstić information content (AvgIpc) is 3.17. The number of nitrogens with zero attached hydrogens (tertiary/aromatic N) is 6. The Morgan fingerprint density at radius 2 is 1.66 bits per heavy atom. The van der Waals surface area contributed by atoms with Crippen LogP contribution in [-0.2, 0) is 13.0 Å². The molecule has 2 aromatic heterocycles. The molecule has 0 saturated carbocycles. The molecular formula is C27H28N6O2. The fraction of sp³-hybridized carbons (Fsp3) is 0.370. The Morgan fingerprint density at radius 1 is 0.857 bits per heavy atom. The summed E-state index contributed by atoms with van der Waals surface area (Å²) in [4.78, 5) is 29.0. The zero-order valence-corrected chi connectivity index (χ0v) is 19.6. The fourth-order valence-corrected chi connectivity index (χ4v) is 5.42. The maximum Gasteiger partial charge on any atom is 0.279 e. The van der Waals surface area contributed by atoms with Gasteiger partial charge in [-0.05, 0) is 43.9 Å². The molecule has 178 valence electrons. The third-order valence-electron chi connectivity index (χ3n) is 7.22. The van der Waals surface area contributed by atoms with Crippen LogP contribution in [0.25, 0.3) is 16.5 Å². The molecule has 1 fully saturated rings. The van der Waals surface area contributed by atoms with Gasteiger partial charge in [-0.25, -0.2) is 0 Å². The Morgan fingerprint density at radius 3 is 2.51 bits per heavy atom. The van der Waals surface area contributed by atoms with Gasteiger partial charge in [-0.2, -0.15) is 9.78 Å². The van der Waals surface area contributed by atoms with Crippen LogP contribution >= 0.6 is 0 Å². The smallest absolute Gasteiger partial charge is 0.279 e. The summed E-state index contributed by atoms with van der Waals surface area (Å²) in [5, 5.41) is 14.7. The Labute approximate surface area is 203 Å². The van der Waals surface area contributed by atoms with Crippen LogP contribution in [0.4, 0.5) is 0 Å². The highest BCUT2D eigenvalue weighted by Gasteiger charge is 2.31. The van der Waals surface area contributed by atoms with Crippen LogP contribution in [0.2, 0.25) is 0 Å². The lowest BCUT2D eigenvalue weighted by Gasteiger charge is -2.32. The van der Waals surface area contributed by atoms with E-state index in [1.54, 1.807) is 6.07 Å². The van der Waals surface area contributed by atoms with E-state index in [0.29, 0.717) is 35.2 Å². The van der Waals surface area contributed by atoms with Crippen LogP contribution in [0.3, 0.4) is 0 Å². The minimum atomic E-state index is -0.231. The SMILES string of the molecule is O=C(c1nn(-c2ccccc2)c(=O)c2ccccc12)N1CCC[C@@H](c2nnc3n2CCCCC3)C1. The van der Waals surface area contributed by atoms with E-state index in [4.69, 9.17) is 0 Å². The van der Waals surface area contributed by atoms with Gasteiger partial charge in [0, 0.05) is 37.4 Å². The van der Waals surface area contributed by atoms with Crippen molar-refractivity contribution >= 4 is 16.7 Å². The predicted molar refractivity (Wildman–Crippen MR) is 133 cm³/mol. The van der Waals surface area contributed by atoms with Gasteiger partial charge in [0.1, 0.15) is 11.6 Å². The number of carbonyl (C=O) groups is 1. The molecule has 2 aromatic carbocycles. The monoisotopic (exact) mass is 468 g/mol. The van der Waals surface area contributed by atoms with Crippen molar-refractivity contribution in [3.8, 4) is 5.69 Å². The van der Waals surface area contributed by atoms with Crippen molar-refractivity contribution in [1.82, 2.24) is 29.4 Å². The molecule has 0 radical (unpaired) electrons. The average molecular weight is 469 g/mol. The molecule has 0 spiro atoms. The topological polar surface area (TPSA) is 85.9 Å². The molecule has 8 nitrogen and oxygen atoms in total. The molecule has 0 N–H and O–H groups in total. The standard InChI is InChI=1S/C27H28N6O2/c34-26-22-14-7-6-13-21(22)24(30-33(26)20-11-3-1-4-12-20)27(35)31-16-9-10-19(18-31)25-29-28-23-15-5-2-8-17-32(23)25/h1,3-4,6-7,11-14,19H,2,5,8-10,15-18H2/t19-/m1/s1. The molecule has 0 bridgehead atoms. The van der Waals surface area contributed by atoms with Crippen molar-refractivity contribution in [2.45, 2.75) is 51.0 Å². The molecular weight excluding hydrogens is 440 g/mol. The van der Waals surface area contributed by atoms with Crippen LogP contribution in [0, 0.1) is 0 Å². The summed E-state index contributed by atoms with van der Waals surface area (Å²) in [6, 6.07) is 16.5. The van der Waals surface area contributed by atoms with Gasteiger partial charge in [0.05, 0.1) is 11.1 Å². The second-order valence-corrected chi connectivity index (χ2v) is 9.47. The van der Waals surface area contributed by atoms with E-state index in [9.17, 15) is 9.59 Å². The van der Waals surface area contributed by atoms with Gasteiger partial charge >= 0.3 is 0 Å². The maximum absolute atomic E-state index is 13.9. The van der Waals surface area contributed by atoms with E-state index < -0.39 is 0 Å². The van der Waals surface area contributed by atoms with Gasteiger partial charge < -0.3 is 9.47 Å². The van der Waals surface area contributed by atoms with Crippen LogP contribution < -0.4 is 5.56 Å². The Bertz CT molecular complexity index is 1440. The summed E-state index contributed by atoms with van der Waals surface area (Å²) in [6.07, 6.45) is 6.37. The predicted octanol–water partition coefficient (Wildman–Crippen LogP) is 3.72. The lowest BCUT2D eigenvalue weighted by atomic mass is 9.96. The fourth-order valence-electron chi connectivity index (χ4n) is 5.42. The van der Waals surface area contributed by atoms with Crippen molar-refractivity contribution < 1.29 is 4.79 Å². The molecule has 2 aliphatic heterocycles. The molecule has 8 heteroatoms. The first-order chi connectivity index (χ1) is 17.2. The normalized spacial score (nSPS) is 18.3. The lowest BCUT2D eigenvalue weighted by Crippen LogP contribution is -2.41. The highest BCUT2D eigenvalue weighted by molar-refractivity contribution is 6.04. The quantitative estimate of drug-likeness (QED) is 0.457. The highest BCUT2D eigenvalue weighted by atomic mass is 16.2. The zero-order valence-electron chi connectivity index (χ0n) is 19.6. The summed E-state index contributed by atoms with van der Waals surface area (Å²) in [6.45, 7) is 2.20. The summed E-state index contributed by atoms with van der Waals surface area (Å²) in [5.74, 6) is 2.08. The van der Waals surface area contributed by atoms with Crippen molar-refractivity contribution in [3.63, 3.8) is 0 Å². The molecule has 4 aromatic rings. The zero-order chi connectivity index (χ0) is 23.8. The second kappa shape index (κ2) is 9.09. The van der Waals surface area contributed by atoms with E-state index in [2.05, 4.69) is 19.9 Å². The first kappa shape index (κ1) is 21.7. The number of carbonyl (C=O) groups excluding carboxylic acids is 1. The van der Waals surface area contributed by atoms with E-state index in [-0.39, 0.29) is 17.4 Å². The third-order valence-corrected chi connectivity index (χ3v) is 7.22. The first-order valence-corrected chi connectivity index (χ1v) is 12.5. The second-order valence-electron chi connectivity index (χ2n) is 9.47. The van der Waals surface area contributed by atoms with Gasteiger partial charge in [-0.3, -0.25) is 9.59 Å². The maximum atomic E-state index is 13.9. The highest BCUT2D eigenvalue weighted by Crippen LogP contribution is 2.29. The first-order valence-electron chi connectivity index (χ1n) is 12.5.